The molecule has 0 unspecified atom stereocenters. The Morgan fingerprint density at radius 3 is 2.80 bits per heavy atom. The summed E-state index contributed by atoms with van der Waals surface area (Å²) in [5.74, 6) is 0.885. The molecular weight excluding hydrogens is 312 g/mol. The first-order valence-corrected chi connectivity index (χ1v) is 9.50. The van der Waals surface area contributed by atoms with Crippen molar-refractivity contribution < 1.29 is 4.74 Å². The summed E-state index contributed by atoms with van der Waals surface area (Å²) >= 11 is 0. The number of aromatic nitrogens is 1. The van der Waals surface area contributed by atoms with Gasteiger partial charge in [-0.2, -0.15) is 0 Å². The summed E-state index contributed by atoms with van der Waals surface area (Å²) in [7, 11) is 0. The summed E-state index contributed by atoms with van der Waals surface area (Å²) in [6.07, 6.45) is 6.35. The monoisotopic (exact) mass is 344 g/mol. The molecule has 2 aromatic rings. The van der Waals surface area contributed by atoms with E-state index in [1.807, 2.05) is 0 Å². The zero-order valence-electron chi connectivity index (χ0n) is 15.6. The standard InChI is InChI=1S/C20H32N4O/c1-3-5-14-25-15-8-12-22-20(21-4-2)23-13-11-17-16-24-19-10-7-6-9-18(17)19/h6-7,9-10,16,24H,3-5,8,11-15H2,1-2H3,(H2,21,22,23). The third kappa shape index (κ3) is 6.78. The fourth-order valence-electron chi connectivity index (χ4n) is 2.70. The van der Waals surface area contributed by atoms with Crippen LogP contribution in [0.1, 0.15) is 38.7 Å². The molecule has 0 fully saturated rings. The molecule has 25 heavy (non-hydrogen) atoms. The fraction of sp³-hybridized carbons (Fsp3) is 0.550. The smallest absolute Gasteiger partial charge is 0.191 e. The van der Waals surface area contributed by atoms with Crippen LogP contribution < -0.4 is 10.6 Å². The molecule has 0 saturated carbocycles. The Balaban J connectivity index is 1.72. The molecule has 0 atom stereocenters. The quantitative estimate of drug-likeness (QED) is 0.332. The molecule has 1 aromatic heterocycles. The summed E-state index contributed by atoms with van der Waals surface area (Å²) in [6.45, 7) is 8.44. The van der Waals surface area contributed by atoms with E-state index in [2.05, 4.69) is 64.9 Å². The highest BCUT2D eigenvalue weighted by molar-refractivity contribution is 5.83. The second-order valence-corrected chi connectivity index (χ2v) is 6.12. The van der Waals surface area contributed by atoms with Crippen LogP contribution >= 0.6 is 0 Å². The summed E-state index contributed by atoms with van der Waals surface area (Å²) < 4.78 is 5.57. The molecule has 0 bridgehead atoms. The van der Waals surface area contributed by atoms with Crippen LogP contribution in [0.3, 0.4) is 0 Å². The number of benzene rings is 1. The van der Waals surface area contributed by atoms with E-state index in [-0.39, 0.29) is 0 Å². The van der Waals surface area contributed by atoms with Crippen LogP contribution in [0.25, 0.3) is 10.9 Å². The summed E-state index contributed by atoms with van der Waals surface area (Å²) in [5.41, 5.74) is 2.53. The van der Waals surface area contributed by atoms with Crippen LogP contribution in [-0.2, 0) is 11.2 Å². The maximum atomic E-state index is 5.57. The molecule has 0 spiro atoms. The van der Waals surface area contributed by atoms with Crippen LogP contribution in [0.5, 0.6) is 0 Å². The first kappa shape index (κ1) is 19.3. The van der Waals surface area contributed by atoms with Crippen LogP contribution in [0.4, 0.5) is 0 Å². The lowest BCUT2D eigenvalue weighted by atomic mass is 10.1. The van der Waals surface area contributed by atoms with Crippen molar-refractivity contribution in [3.05, 3.63) is 36.0 Å². The number of para-hydroxylation sites is 1. The molecule has 5 nitrogen and oxygen atoms in total. The lowest BCUT2D eigenvalue weighted by Gasteiger charge is -2.11. The summed E-state index contributed by atoms with van der Waals surface area (Å²) in [6, 6.07) is 8.42. The predicted molar refractivity (Wildman–Crippen MR) is 106 cm³/mol. The minimum atomic E-state index is 0.786. The van der Waals surface area contributed by atoms with Crippen LogP contribution in [0.15, 0.2) is 35.5 Å². The molecule has 0 radical (unpaired) electrons. The van der Waals surface area contributed by atoms with Gasteiger partial charge < -0.3 is 20.4 Å². The summed E-state index contributed by atoms with van der Waals surface area (Å²) in [5, 5.41) is 8.02. The number of ether oxygens (including phenoxy) is 1. The van der Waals surface area contributed by atoms with Gasteiger partial charge in [0.2, 0.25) is 0 Å². The molecule has 0 aliphatic heterocycles. The molecule has 5 heteroatoms. The second-order valence-electron chi connectivity index (χ2n) is 6.12. The van der Waals surface area contributed by atoms with Gasteiger partial charge in [0.25, 0.3) is 0 Å². The van der Waals surface area contributed by atoms with Gasteiger partial charge in [-0.1, -0.05) is 31.5 Å². The van der Waals surface area contributed by atoms with E-state index in [1.165, 1.54) is 22.9 Å². The summed E-state index contributed by atoms with van der Waals surface area (Å²) in [4.78, 5) is 7.95. The number of hydrogen-bond acceptors (Lipinski definition) is 2. The van der Waals surface area contributed by atoms with Gasteiger partial charge in [-0.15, -0.1) is 0 Å². The number of nitrogens with zero attached hydrogens (tertiary/aromatic N) is 1. The Morgan fingerprint density at radius 2 is 1.96 bits per heavy atom. The molecule has 0 aliphatic carbocycles. The van der Waals surface area contributed by atoms with E-state index in [4.69, 9.17) is 4.74 Å². The maximum Gasteiger partial charge on any atom is 0.191 e. The zero-order valence-corrected chi connectivity index (χ0v) is 15.6. The topological polar surface area (TPSA) is 61.4 Å². The first-order chi connectivity index (χ1) is 12.3. The van der Waals surface area contributed by atoms with Gasteiger partial charge in [-0.25, -0.2) is 0 Å². The van der Waals surface area contributed by atoms with Gasteiger partial charge in [-0.3, -0.25) is 4.99 Å². The average Bonchev–Trinajstić information content (AvgIpc) is 3.04. The number of fused-ring (bicyclic) bond motifs is 1. The van der Waals surface area contributed by atoms with Crippen LogP contribution in [-0.4, -0.2) is 43.8 Å². The number of rotatable bonds is 11. The number of nitrogens with one attached hydrogen (secondary N) is 3. The van der Waals surface area contributed by atoms with Gasteiger partial charge >= 0.3 is 0 Å². The number of hydrogen-bond donors (Lipinski definition) is 3. The van der Waals surface area contributed by atoms with E-state index >= 15 is 0 Å². The number of guanidine groups is 1. The van der Waals surface area contributed by atoms with E-state index < -0.39 is 0 Å². The van der Waals surface area contributed by atoms with Crippen molar-refractivity contribution in [3.63, 3.8) is 0 Å². The minimum Gasteiger partial charge on any atom is -0.381 e. The highest BCUT2D eigenvalue weighted by atomic mass is 16.5. The second kappa shape index (κ2) is 11.5. The number of unbranched alkanes of at least 4 members (excludes halogenated alkanes) is 1. The SMILES string of the molecule is CCCCOCCCN=C(NCC)NCCc1c[nH]c2ccccc12. The molecule has 0 aliphatic rings. The van der Waals surface area contributed by atoms with E-state index in [1.54, 1.807) is 0 Å². The number of H-pyrrole nitrogens is 1. The highest BCUT2D eigenvalue weighted by Gasteiger charge is 2.03. The van der Waals surface area contributed by atoms with Crippen molar-refractivity contribution >= 4 is 16.9 Å². The van der Waals surface area contributed by atoms with E-state index in [9.17, 15) is 0 Å². The van der Waals surface area contributed by atoms with Gasteiger partial charge in [0.1, 0.15) is 0 Å². The van der Waals surface area contributed by atoms with Crippen LogP contribution in [0.2, 0.25) is 0 Å². The third-order valence-corrected chi connectivity index (χ3v) is 4.06. The Morgan fingerprint density at radius 1 is 1.12 bits per heavy atom. The lowest BCUT2D eigenvalue weighted by Crippen LogP contribution is -2.38. The van der Waals surface area contributed by atoms with Gasteiger partial charge in [-0.05, 0) is 37.8 Å². The van der Waals surface area contributed by atoms with Crippen molar-refractivity contribution in [2.45, 2.75) is 39.5 Å². The number of aliphatic imine (C=N–C) groups is 1. The Labute approximate surface area is 151 Å². The minimum absolute atomic E-state index is 0.786. The van der Waals surface area contributed by atoms with Gasteiger partial charge in [0, 0.05) is 49.9 Å². The van der Waals surface area contributed by atoms with Crippen molar-refractivity contribution in [1.82, 2.24) is 15.6 Å². The molecule has 1 heterocycles. The van der Waals surface area contributed by atoms with Crippen molar-refractivity contribution in [2.24, 2.45) is 4.99 Å². The lowest BCUT2D eigenvalue weighted by molar-refractivity contribution is 0.130. The molecule has 0 saturated heterocycles. The highest BCUT2D eigenvalue weighted by Crippen LogP contribution is 2.17. The van der Waals surface area contributed by atoms with Crippen LogP contribution in [0, 0.1) is 0 Å². The van der Waals surface area contributed by atoms with Crippen molar-refractivity contribution in [3.8, 4) is 0 Å². The van der Waals surface area contributed by atoms with Gasteiger partial charge in [0.15, 0.2) is 5.96 Å². The van der Waals surface area contributed by atoms with E-state index in [0.29, 0.717) is 0 Å². The predicted octanol–water partition coefficient (Wildman–Crippen LogP) is 3.47. The molecular formula is C20H32N4O. The Kier molecular flexibility index (Phi) is 8.91. The van der Waals surface area contributed by atoms with Crippen molar-refractivity contribution in [1.29, 1.82) is 0 Å². The van der Waals surface area contributed by atoms with Crippen molar-refractivity contribution in [2.75, 3.05) is 32.8 Å². The average molecular weight is 345 g/mol. The maximum absolute atomic E-state index is 5.57. The molecule has 138 valence electrons. The van der Waals surface area contributed by atoms with Gasteiger partial charge in [0.05, 0.1) is 0 Å². The normalized spacial score (nSPS) is 11.8. The number of aromatic amines is 1. The molecule has 2 rings (SSSR count). The Bertz CT molecular complexity index is 635. The fourth-order valence-corrected chi connectivity index (χ4v) is 2.70. The first-order valence-electron chi connectivity index (χ1n) is 9.50. The largest absolute Gasteiger partial charge is 0.381 e. The Hall–Kier alpha value is -2.01. The third-order valence-electron chi connectivity index (χ3n) is 4.06. The zero-order chi connectivity index (χ0) is 17.7. The molecule has 3 N–H and O–H groups in total. The molecule has 1 aromatic carbocycles. The van der Waals surface area contributed by atoms with E-state index in [0.717, 1.165) is 58.1 Å². The molecule has 0 amide bonds.